The Balaban J connectivity index is 2.25. The molecule has 0 aliphatic heterocycles. The van der Waals surface area contributed by atoms with Crippen LogP contribution in [0, 0.1) is 19.7 Å². The number of benzene rings is 1. The predicted octanol–water partition coefficient (Wildman–Crippen LogP) is 2.48. The van der Waals surface area contributed by atoms with E-state index in [4.69, 9.17) is 4.74 Å². The van der Waals surface area contributed by atoms with Gasteiger partial charge in [0.15, 0.2) is 6.61 Å². The summed E-state index contributed by atoms with van der Waals surface area (Å²) >= 11 is 0. The normalized spacial score (nSPS) is 10.5. The molecule has 1 aromatic heterocycles. The van der Waals surface area contributed by atoms with Crippen LogP contribution in [0.1, 0.15) is 21.7 Å². The standard InChI is InChI=1S/C17H19FN2O3/c1-11-9-15(17(22)23-10-16(21)19(3)4)12(2)20(11)14-7-5-13(18)6-8-14/h5-9H,10H2,1-4H3. The Hall–Kier alpha value is -2.63. The van der Waals surface area contributed by atoms with Crippen molar-refractivity contribution in [3.05, 3.63) is 53.1 Å². The van der Waals surface area contributed by atoms with Gasteiger partial charge in [-0.15, -0.1) is 0 Å². The maximum absolute atomic E-state index is 13.1. The highest BCUT2D eigenvalue weighted by Crippen LogP contribution is 2.21. The molecule has 0 saturated carbocycles. The highest BCUT2D eigenvalue weighted by molar-refractivity contribution is 5.93. The van der Waals surface area contributed by atoms with Crippen LogP contribution in [0.4, 0.5) is 4.39 Å². The molecule has 2 rings (SSSR count). The van der Waals surface area contributed by atoms with E-state index in [1.807, 2.05) is 11.5 Å². The molecule has 0 bridgehead atoms. The lowest BCUT2D eigenvalue weighted by molar-refractivity contribution is -0.131. The van der Waals surface area contributed by atoms with Crippen LogP contribution in [0.3, 0.4) is 0 Å². The minimum Gasteiger partial charge on any atom is -0.452 e. The first kappa shape index (κ1) is 16.7. The van der Waals surface area contributed by atoms with Crippen molar-refractivity contribution >= 4 is 11.9 Å². The highest BCUT2D eigenvalue weighted by atomic mass is 19.1. The molecule has 1 amide bonds. The van der Waals surface area contributed by atoms with E-state index in [0.717, 1.165) is 11.4 Å². The monoisotopic (exact) mass is 318 g/mol. The number of hydrogen-bond donors (Lipinski definition) is 0. The predicted molar refractivity (Wildman–Crippen MR) is 84.2 cm³/mol. The largest absolute Gasteiger partial charge is 0.452 e. The zero-order chi connectivity index (χ0) is 17.1. The average molecular weight is 318 g/mol. The van der Waals surface area contributed by atoms with Crippen molar-refractivity contribution in [3.63, 3.8) is 0 Å². The second-order valence-electron chi connectivity index (χ2n) is 5.46. The summed E-state index contributed by atoms with van der Waals surface area (Å²) in [6, 6.07) is 7.70. The zero-order valence-electron chi connectivity index (χ0n) is 13.6. The summed E-state index contributed by atoms with van der Waals surface area (Å²) in [6.45, 7) is 3.32. The molecular weight excluding hydrogens is 299 g/mol. The third-order valence-corrected chi connectivity index (χ3v) is 3.56. The van der Waals surface area contributed by atoms with Gasteiger partial charge in [-0.2, -0.15) is 0 Å². The minimum atomic E-state index is -0.554. The summed E-state index contributed by atoms with van der Waals surface area (Å²) in [5.41, 5.74) is 2.64. The molecular formula is C17H19FN2O3. The smallest absolute Gasteiger partial charge is 0.340 e. The molecule has 0 spiro atoms. The summed E-state index contributed by atoms with van der Waals surface area (Å²) in [6.07, 6.45) is 0. The summed E-state index contributed by atoms with van der Waals surface area (Å²) in [5.74, 6) is -1.16. The van der Waals surface area contributed by atoms with Gasteiger partial charge in [-0.05, 0) is 44.2 Å². The minimum absolute atomic E-state index is 0.286. The van der Waals surface area contributed by atoms with Crippen LogP contribution >= 0.6 is 0 Å². The van der Waals surface area contributed by atoms with Crippen LogP contribution in [-0.2, 0) is 9.53 Å². The molecule has 0 atom stereocenters. The van der Waals surface area contributed by atoms with Crippen LogP contribution in [0.15, 0.2) is 30.3 Å². The van der Waals surface area contributed by atoms with Gasteiger partial charge in [-0.3, -0.25) is 4.79 Å². The number of halogens is 1. The van der Waals surface area contributed by atoms with Crippen molar-refractivity contribution in [1.82, 2.24) is 9.47 Å². The van der Waals surface area contributed by atoms with Crippen LogP contribution in [-0.4, -0.2) is 42.0 Å². The van der Waals surface area contributed by atoms with Crippen LogP contribution in [0.25, 0.3) is 5.69 Å². The highest BCUT2D eigenvalue weighted by Gasteiger charge is 2.19. The second-order valence-corrected chi connectivity index (χ2v) is 5.46. The molecule has 0 saturated heterocycles. The van der Waals surface area contributed by atoms with E-state index in [1.54, 1.807) is 39.2 Å². The molecule has 0 fully saturated rings. The van der Waals surface area contributed by atoms with Crippen molar-refractivity contribution in [3.8, 4) is 5.69 Å². The number of ether oxygens (including phenoxy) is 1. The SMILES string of the molecule is Cc1cc(C(=O)OCC(=O)N(C)C)c(C)n1-c1ccc(F)cc1. The lowest BCUT2D eigenvalue weighted by Gasteiger charge is -2.11. The molecule has 0 N–H and O–H groups in total. The molecule has 2 aromatic rings. The number of carbonyl (C=O) groups excluding carboxylic acids is 2. The third kappa shape index (κ3) is 3.59. The Labute approximate surface area is 134 Å². The average Bonchev–Trinajstić information content (AvgIpc) is 2.80. The summed E-state index contributed by atoms with van der Waals surface area (Å²) < 4.78 is 19.9. The maximum Gasteiger partial charge on any atom is 0.340 e. The van der Waals surface area contributed by atoms with E-state index >= 15 is 0 Å². The quantitative estimate of drug-likeness (QED) is 0.814. The molecule has 5 nitrogen and oxygen atoms in total. The fourth-order valence-corrected chi connectivity index (χ4v) is 2.29. The number of rotatable bonds is 4. The number of aromatic nitrogens is 1. The number of likely N-dealkylation sites (N-methyl/N-ethyl adjacent to an activating group) is 1. The van der Waals surface area contributed by atoms with Gasteiger partial charge >= 0.3 is 5.97 Å². The number of carbonyl (C=O) groups is 2. The summed E-state index contributed by atoms with van der Waals surface area (Å²) in [5, 5.41) is 0. The molecule has 0 aliphatic rings. The number of hydrogen-bond acceptors (Lipinski definition) is 3. The number of nitrogens with zero attached hydrogens (tertiary/aromatic N) is 2. The second kappa shape index (κ2) is 6.64. The molecule has 6 heteroatoms. The van der Waals surface area contributed by atoms with Crippen molar-refractivity contribution < 1.29 is 18.7 Å². The molecule has 122 valence electrons. The number of esters is 1. The van der Waals surface area contributed by atoms with Gasteiger partial charge in [0.25, 0.3) is 5.91 Å². The fraction of sp³-hybridized carbons (Fsp3) is 0.294. The van der Waals surface area contributed by atoms with Gasteiger partial charge in [0.05, 0.1) is 5.56 Å². The molecule has 1 heterocycles. The van der Waals surface area contributed by atoms with E-state index in [9.17, 15) is 14.0 Å². The van der Waals surface area contributed by atoms with Crippen molar-refractivity contribution in [2.24, 2.45) is 0 Å². The Bertz CT molecular complexity index is 733. The van der Waals surface area contributed by atoms with Gasteiger partial charge in [-0.1, -0.05) is 0 Å². The van der Waals surface area contributed by atoms with Crippen molar-refractivity contribution in [2.75, 3.05) is 20.7 Å². The van der Waals surface area contributed by atoms with Crippen molar-refractivity contribution in [2.45, 2.75) is 13.8 Å². The van der Waals surface area contributed by atoms with E-state index in [2.05, 4.69) is 0 Å². The fourth-order valence-electron chi connectivity index (χ4n) is 2.29. The Kier molecular flexibility index (Phi) is 4.83. The first-order chi connectivity index (χ1) is 10.8. The van der Waals surface area contributed by atoms with Gasteiger partial charge in [-0.25, -0.2) is 9.18 Å². The first-order valence-corrected chi connectivity index (χ1v) is 7.13. The van der Waals surface area contributed by atoms with Crippen LogP contribution < -0.4 is 0 Å². The summed E-state index contributed by atoms with van der Waals surface area (Å²) in [4.78, 5) is 25.0. The lowest BCUT2D eigenvalue weighted by Crippen LogP contribution is -2.27. The first-order valence-electron chi connectivity index (χ1n) is 7.13. The molecule has 0 unspecified atom stereocenters. The molecule has 0 radical (unpaired) electrons. The van der Waals surface area contributed by atoms with Gasteiger partial charge in [0, 0.05) is 31.2 Å². The Morgan fingerprint density at radius 1 is 1.17 bits per heavy atom. The number of amides is 1. The maximum atomic E-state index is 13.1. The lowest BCUT2D eigenvalue weighted by atomic mass is 10.2. The molecule has 23 heavy (non-hydrogen) atoms. The van der Waals surface area contributed by atoms with Gasteiger partial charge in [0.1, 0.15) is 5.82 Å². The molecule has 0 aliphatic carbocycles. The van der Waals surface area contributed by atoms with E-state index in [0.29, 0.717) is 11.3 Å². The topological polar surface area (TPSA) is 51.5 Å². The van der Waals surface area contributed by atoms with E-state index in [1.165, 1.54) is 17.0 Å². The summed E-state index contributed by atoms with van der Waals surface area (Å²) in [7, 11) is 3.19. The third-order valence-electron chi connectivity index (χ3n) is 3.56. The molecule has 1 aromatic carbocycles. The Morgan fingerprint density at radius 2 is 1.78 bits per heavy atom. The van der Waals surface area contributed by atoms with E-state index in [-0.39, 0.29) is 18.3 Å². The van der Waals surface area contributed by atoms with Crippen molar-refractivity contribution in [1.29, 1.82) is 0 Å². The zero-order valence-corrected chi connectivity index (χ0v) is 13.6. The van der Waals surface area contributed by atoms with E-state index < -0.39 is 5.97 Å². The van der Waals surface area contributed by atoms with Crippen LogP contribution in [0.5, 0.6) is 0 Å². The Morgan fingerprint density at radius 3 is 2.35 bits per heavy atom. The number of aryl methyl sites for hydroxylation is 1. The van der Waals surface area contributed by atoms with Gasteiger partial charge in [0.2, 0.25) is 0 Å². The van der Waals surface area contributed by atoms with Crippen LogP contribution in [0.2, 0.25) is 0 Å². The van der Waals surface area contributed by atoms with Gasteiger partial charge < -0.3 is 14.2 Å².